The van der Waals surface area contributed by atoms with Gasteiger partial charge in [0.15, 0.2) is 0 Å². The van der Waals surface area contributed by atoms with E-state index in [-0.39, 0.29) is 18.6 Å². The molecular weight excluding hydrogens is 330 g/mol. The van der Waals surface area contributed by atoms with Crippen LogP contribution in [0.25, 0.3) is 10.9 Å². The summed E-state index contributed by atoms with van der Waals surface area (Å²) >= 11 is 0. The highest BCUT2D eigenvalue weighted by Crippen LogP contribution is 2.23. The Hall–Kier alpha value is -2.99. The van der Waals surface area contributed by atoms with Gasteiger partial charge in [-0.05, 0) is 30.3 Å². The van der Waals surface area contributed by atoms with Gasteiger partial charge in [-0.2, -0.15) is 0 Å². The molecule has 1 aliphatic heterocycles. The average molecular weight is 349 g/mol. The number of carbonyl (C=O) groups excluding carboxylic acids is 1. The number of carbonyl (C=O) groups is 1. The molecular formula is C20H19N3O3. The van der Waals surface area contributed by atoms with E-state index < -0.39 is 6.10 Å². The zero-order valence-corrected chi connectivity index (χ0v) is 14.2. The van der Waals surface area contributed by atoms with E-state index in [9.17, 15) is 9.90 Å². The molecule has 6 heteroatoms. The van der Waals surface area contributed by atoms with Gasteiger partial charge in [0.25, 0.3) is 5.91 Å². The fraction of sp³-hybridized carbons (Fsp3) is 0.250. The summed E-state index contributed by atoms with van der Waals surface area (Å²) in [6.45, 7) is 0.784. The van der Waals surface area contributed by atoms with Gasteiger partial charge in [-0.1, -0.05) is 6.07 Å². The zero-order chi connectivity index (χ0) is 17.9. The maximum atomic E-state index is 12.5. The van der Waals surface area contributed by atoms with Crippen molar-refractivity contribution in [3.05, 3.63) is 66.6 Å². The van der Waals surface area contributed by atoms with Crippen molar-refractivity contribution in [3.63, 3.8) is 0 Å². The van der Waals surface area contributed by atoms with Gasteiger partial charge in [0.05, 0.1) is 12.1 Å². The molecule has 3 heterocycles. The summed E-state index contributed by atoms with van der Waals surface area (Å²) in [4.78, 5) is 22.4. The number of aromatic nitrogens is 2. The van der Waals surface area contributed by atoms with Gasteiger partial charge in [0.2, 0.25) is 0 Å². The van der Waals surface area contributed by atoms with Gasteiger partial charge in [-0.15, -0.1) is 0 Å². The van der Waals surface area contributed by atoms with Crippen LogP contribution in [-0.2, 0) is 0 Å². The van der Waals surface area contributed by atoms with Crippen LogP contribution in [0.4, 0.5) is 0 Å². The molecule has 0 bridgehead atoms. The summed E-state index contributed by atoms with van der Waals surface area (Å²) in [6, 6.07) is 12.9. The maximum Gasteiger partial charge on any atom is 0.254 e. The van der Waals surface area contributed by atoms with Crippen LogP contribution in [0.1, 0.15) is 16.8 Å². The molecule has 0 spiro atoms. The fourth-order valence-corrected chi connectivity index (χ4v) is 3.20. The van der Waals surface area contributed by atoms with Crippen LogP contribution in [0.3, 0.4) is 0 Å². The zero-order valence-electron chi connectivity index (χ0n) is 14.2. The van der Waals surface area contributed by atoms with E-state index >= 15 is 0 Å². The van der Waals surface area contributed by atoms with Crippen molar-refractivity contribution >= 4 is 16.8 Å². The first-order chi connectivity index (χ1) is 12.7. The Bertz CT molecular complexity index is 916. The molecule has 1 N–H and O–H groups in total. The van der Waals surface area contributed by atoms with Crippen molar-refractivity contribution in [2.75, 3.05) is 13.1 Å². The molecule has 4 rings (SSSR count). The molecule has 1 amide bonds. The van der Waals surface area contributed by atoms with Crippen molar-refractivity contribution < 1.29 is 14.6 Å². The molecule has 0 aliphatic carbocycles. The number of fused-ring (bicyclic) bond motifs is 1. The highest BCUT2D eigenvalue weighted by molar-refractivity contribution is 5.94. The van der Waals surface area contributed by atoms with Crippen LogP contribution in [-0.4, -0.2) is 51.2 Å². The van der Waals surface area contributed by atoms with E-state index in [1.54, 1.807) is 35.6 Å². The average Bonchev–Trinajstić information content (AvgIpc) is 2.69. The van der Waals surface area contributed by atoms with Gasteiger partial charge in [-0.25, -0.2) is 0 Å². The van der Waals surface area contributed by atoms with Crippen LogP contribution in [0.2, 0.25) is 0 Å². The number of aliphatic hydroxyl groups is 1. The number of nitrogens with zero attached hydrogens (tertiary/aromatic N) is 3. The van der Waals surface area contributed by atoms with Crippen LogP contribution in [0.15, 0.2) is 61.1 Å². The largest absolute Gasteiger partial charge is 0.488 e. The fourth-order valence-electron chi connectivity index (χ4n) is 3.20. The molecule has 0 radical (unpaired) electrons. The second kappa shape index (κ2) is 7.09. The second-order valence-corrected chi connectivity index (χ2v) is 6.36. The second-order valence-electron chi connectivity index (χ2n) is 6.36. The van der Waals surface area contributed by atoms with Crippen molar-refractivity contribution in [1.82, 2.24) is 14.9 Å². The van der Waals surface area contributed by atoms with E-state index in [0.717, 1.165) is 10.9 Å². The van der Waals surface area contributed by atoms with Crippen molar-refractivity contribution in [2.45, 2.75) is 18.6 Å². The first-order valence-electron chi connectivity index (χ1n) is 8.59. The quantitative estimate of drug-likeness (QED) is 0.785. The summed E-state index contributed by atoms with van der Waals surface area (Å²) < 4.78 is 5.97. The monoisotopic (exact) mass is 349 g/mol. The molecule has 0 unspecified atom stereocenters. The molecule has 132 valence electrons. The minimum Gasteiger partial charge on any atom is -0.488 e. The first-order valence-corrected chi connectivity index (χ1v) is 8.59. The number of benzene rings is 1. The molecule has 1 aliphatic rings. The highest BCUT2D eigenvalue weighted by atomic mass is 16.5. The molecule has 1 aromatic carbocycles. The van der Waals surface area contributed by atoms with Gasteiger partial charge >= 0.3 is 0 Å². The van der Waals surface area contributed by atoms with E-state index in [4.69, 9.17) is 4.74 Å². The number of hydrogen-bond donors (Lipinski definition) is 1. The SMILES string of the molecule is O=C(c1ccncc1)N1CC[C@@H](Oc2ccc3cccnc3c2)[C@H](O)C1. The predicted molar refractivity (Wildman–Crippen MR) is 96.9 cm³/mol. The molecule has 6 nitrogen and oxygen atoms in total. The maximum absolute atomic E-state index is 12.5. The lowest BCUT2D eigenvalue weighted by Crippen LogP contribution is -2.51. The molecule has 2 aromatic heterocycles. The number of piperidine rings is 1. The van der Waals surface area contributed by atoms with Gasteiger partial charge in [0, 0.05) is 48.6 Å². The third kappa shape index (κ3) is 3.36. The normalized spacial score (nSPS) is 20.1. The summed E-state index contributed by atoms with van der Waals surface area (Å²) in [5, 5.41) is 11.5. The summed E-state index contributed by atoms with van der Waals surface area (Å²) in [7, 11) is 0. The van der Waals surface area contributed by atoms with E-state index in [1.165, 1.54) is 0 Å². The summed E-state index contributed by atoms with van der Waals surface area (Å²) in [5.74, 6) is 0.578. The number of amides is 1. The topological polar surface area (TPSA) is 75.6 Å². The van der Waals surface area contributed by atoms with Gasteiger partial charge in [0.1, 0.15) is 18.0 Å². The minimum atomic E-state index is -0.742. The van der Waals surface area contributed by atoms with Gasteiger partial charge < -0.3 is 14.7 Å². The molecule has 26 heavy (non-hydrogen) atoms. The lowest BCUT2D eigenvalue weighted by Gasteiger charge is -2.36. The Morgan fingerprint density at radius 2 is 2.00 bits per heavy atom. The lowest BCUT2D eigenvalue weighted by molar-refractivity contribution is -0.0198. The number of β-amino-alcohol motifs (C(OH)–C–C–N with tert-alkyl or cyclic N) is 1. The third-order valence-corrected chi connectivity index (χ3v) is 4.60. The molecule has 1 saturated heterocycles. The Morgan fingerprint density at radius 1 is 1.15 bits per heavy atom. The standard InChI is InChI=1S/C20H19N3O3/c24-18-13-23(20(25)15-5-9-21-10-6-15)11-7-19(18)26-16-4-3-14-2-1-8-22-17(14)12-16/h1-6,8-10,12,18-19,24H,7,11,13H2/t18-,19-/m1/s1. The minimum absolute atomic E-state index is 0.0974. The number of aliphatic hydroxyl groups excluding tert-OH is 1. The number of rotatable bonds is 3. The lowest BCUT2D eigenvalue weighted by atomic mass is 10.0. The molecule has 1 fully saturated rings. The number of hydrogen-bond acceptors (Lipinski definition) is 5. The van der Waals surface area contributed by atoms with Crippen molar-refractivity contribution in [1.29, 1.82) is 0 Å². The molecule has 0 saturated carbocycles. The number of pyridine rings is 2. The molecule has 3 aromatic rings. The smallest absolute Gasteiger partial charge is 0.254 e. The van der Waals surface area contributed by atoms with Gasteiger partial charge in [-0.3, -0.25) is 14.8 Å². The first kappa shape index (κ1) is 16.5. The number of ether oxygens (including phenoxy) is 1. The third-order valence-electron chi connectivity index (χ3n) is 4.60. The Kier molecular flexibility index (Phi) is 4.50. The Morgan fingerprint density at radius 3 is 2.81 bits per heavy atom. The highest BCUT2D eigenvalue weighted by Gasteiger charge is 2.32. The summed E-state index contributed by atoms with van der Waals surface area (Å²) in [6.07, 6.45) is 4.40. The van der Waals surface area contributed by atoms with Crippen LogP contribution in [0.5, 0.6) is 5.75 Å². The summed E-state index contributed by atoms with van der Waals surface area (Å²) in [5.41, 5.74) is 1.43. The van der Waals surface area contributed by atoms with E-state index in [2.05, 4.69) is 9.97 Å². The van der Waals surface area contributed by atoms with Crippen LogP contribution in [0, 0.1) is 0 Å². The van der Waals surface area contributed by atoms with Crippen molar-refractivity contribution in [2.24, 2.45) is 0 Å². The predicted octanol–water partition coefficient (Wildman–Crippen LogP) is 2.28. The van der Waals surface area contributed by atoms with Crippen LogP contribution < -0.4 is 4.74 Å². The molecule has 2 atom stereocenters. The van der Waals surface area contributed by atoms with E-state index in [0.29, 0.717) is 24.3 Å². The number of likely N-dealkylation sites (tertiary alicyclic amines) is 1. The Balaban J connectivity index is 1.42. The van der Waals surface area contributed by atoms with Crippen molar-refractivity contribution in [3.8, 4) is 5.75 Å². The van der Waals surface area contributed by atoms with Crippen LogP contribution >= 0.6 is 0 Å². The Labute approximate surface area is 151 Å². The van der Waals surface area contributed by atoms with E-state index in [1.807, 2.05) is 30.3 Å².